The Morgan fingerprint density at radius 2 is 2.28 bits per heavy atom. The van der Waals surface area contributed by atoms with E-state index in [1.54, 1.807) is 6.07 Å². The van der Waals surface area contributed by atoms with Gasteiger partial charge in [0.1, 0.15) is 6.04 Å². The Morgan fingerprint density at radius 1 is 1.61 bits per heavy atom. The lowest BCUT2D eigenvalue weighted by Gasteiger charge is -2.44. The molecule has 0 spiro atoms. The van der Waals surface area contributed by atoms with Crippen molar-refractivity contribution in [1.82, 2.24) is 0 Å². The number of carbonyl (C=O) groups is 1. The van der Waals surface area contributed by atoms with Gasteiger partial charge in [0.15, 0.2) is 11.6 Å². The van der Waals surface area contributed by atoms with E-state index in [0.717, 1.165) is 0 Å². The van der Waals surface area contributed by atoms with Gasteiger partial charge in [-0.2, -0.15) is 0 Å². The first-order valence-electron chi connectivity index (χ1n) is 5.41. The molecule has 1 aliphatic heterocycles. The Bertz CT molecular complexity index is 473. The Morgan fingerprint density at radius 3 is 2.67 bits per heavy atom. The third kappa shape index (κ3) is 1.83. The summed E-state index contributed by atoms with van der Waals surface area (Å²) in [4.78, 5) is 11.0. The average molecular weight is 255 g/mol. The van der Waals surface area contributed by atoms with Crippen LogP contribution in [0.4, 0.5) is 4.39 Å². The van der Waals surface area contributed by atoms with Crippen LogP contribution in [0.5, 0.6) is 5.75 Å². The zero-order chi connectivity index (χ0) is 13.3. The zero-order valence-electron chi connectivity index (χ0n) is 9.85. The zero-order valence-corrected chi connectivity index (χ0v) is 9.85. The van der Waals surface area contributed by atoms with Crippen molar-refractivity contribution in [2.45, 2.75) is 11.5 Å². The summed E-state index contributed by atoms with van der Waals surface area (Å²) in [7, 11) is 1.36. The molecule has 0 saturated carbocycles. The van der Waals surface area contributed by atoms with E-state index in [4.69, 9.17) is 20.3 Å². The topological polar surface area (TPSA) is 81.8 Å². The molecule has 5 nitrogen and oxygen atoms in total. The van der Waals surface area contributed by atoms with Crippen molar-refractivity contribution >= 4 is 5.97 Å². The van der Waals surface area contributed by atoms with Gasteiger partial charge < -0.3 is 20.3 Å². The molecular formula is C12H14FNO4. The molecule has 3 N–H and O–H groups in total. The van der Waals surface area contributed by atoms with Gasteiger partial charge in [-0.15, -0.1) is 0 Å². The summed E-state index contributed by atoms with van der Waals surface area (Å²) in [5.41, 5.74) is 5.33. The molecule has 2 rings (SSSR count). The second kappa shape index (κ2) is 4.55. The molecule has 0 aliphatic carbocycles. The molecule has 1 heterocycles. The lowest BCUT2D eigenvalue weighted by Crippen LogP contribution is -2.61. The minimum absolute atomic E-state index is 0.109. The minimum atomic E-state index is -1.13. The highest BCUT2D eigenvalue weighted by molar-refractivity contribution is 5.76. The maximum absolute atomic E-state index is 13.7. The lowest BCUT2D eigenvalue weighted by molar-refractivity contribution is -0.148. The number of rotatable bonds is 4. The minimum Gasteiger partial charge on any atom is -0.494 e. The molecule has 1 aromatic rings. The Labute approximate surface area is 103 Å². The predicted molar refractivity (Wildman–Crippen MR) is 61.1 cm³/mol. The van der Waals surface area contributed by atoms with Crippen molar-refractivity contribution in [3.63, 3.8) is 0 Å². The molecule has 1 saturated heterocycles. The predicted octanol–water partition coefficient (Wildman–Crippen LogP) is 0.514. The standard InChI is InChI=1S/C12H14FNO4/c1-17-9-3-2-7(4-8(9)13)12(5-18-6-12)10(14)11(15)16/h2-4,10H,5-6,14H2,1H3,(H,15,16). The number of carboxylic acids is 1. The van der Waals surface area contributed by atoms with Crippen LogP contribution in [0.2, 0.25) is 0 Å². The molecule has 18 heavy (non-hydrogen) atoms. The first-order valence-corrected chi connectivity index (χ1v) is 5.41. The highest BCUT2D eigenvalue weighted by Gasteiger charge is 2.49. The summed E-state index contributed by atoms with van der Waals surface area (Å²) < 4.78 is 23.5. The summed E-state index contributed by atoms with van der Waals surface area (Å²) in [6.45, 7) is 0.346. The smallest absolute Gasteiger partial charge is 0.321 e. The van der Waals surface area contributed by atoms with Crippen LogP contribution in [0.3, 0.4) is 0 Å². The molecule has 0 amide bonds. The monoisotopic (exact) mass is 255 g/mol. The van der Waals surface area contributed by atoms with Crippen LogP contribution in [0.1, 0.15) is 5.56 Å². The van der Waals surface area contributed by atoms with E-state index in [2.05, 4.69) is 0 Å². The first-order chi connectivity index (χ1) is 8.51. The van der Waals surface area contributed by atoms with Crippen molar-refractivity contribution < 1.29 is 23.8 Å². The normalized spacial score (nSPS) is 18.8. The summed E-state index contributed by atoms with van der Waals surface area (Å²) >= 11 is 0. The van der Waals surface area contributed by atoms with Gasteiger partial charge in [0.05, 0.1) is 25.7 Å². The summed E-state index contributed by atoms with van der Waals surface area (Å²) in [5.74, 6) is -1.56. The molecular weight excluding hydrogens is 241 g/mol. The Hall–Kier alpha value is -1.66. The average Bonchev–Trinajstić information content (AvgIpc) is 2.27. The summed E-state index contributed by atoms with van der Waals surface area (Å²) in [6.07, 6.45) is 0. The van der Waals surface area contributed by atoms with E-state index in [9.17, 15) is 9.18 Å². The quantitative estimate of drug-likeness (QED) is 0.819. The third-order valence-electron chi connectivity index (χ3n) is 3.31. The number of ether oxygens (including phenoxy) is 2. The molecule has 0 bridgehead atoms. The van der Waals surface area contributed by atoms with Crippen LogP contribution in [0, 0.1) is 5.82 Å². The number of aliphatic carboxylic acids is 1. The van der Waals surface area contributed by atoms with Gasteiger partial charge in [-0.05, 0) is 17.7 Å². The molecule has 1 aromatic carbocycles. The second-order valence-corrected chi connectivity index (χ2v) is 4.31. The number of halogens is 1. The molecule has 0 aromatic heterocycles. The first kappa shape index (κ1) is 12.8. The number of benzene rings is 1. The molecule has 1 aliphatic rings. The Balaban J connectivity index is 2.39. The number of carboxylic acid groups (broad SMARTS) is 1. The number of methoxy groups -OCH3 is 1. The van der Waals surface area contributed by atoms with Crippen molar-refractivity contribution in [3.8, 4) is 5.75 Å². The second-order valence-electron chi connectivity index (χ2n) is 4.31. The molecule has 0 radical (unpaired) electrons. The van der Waals surface area contributed by atoms with E-state index >= 15 is 0 Å². The van der Waals surface area contributed by atoms with Crippen molar-refractivity contribution in [2.24, 2.45) is 5.73 Å². The van der Waals surface area contributed by atoms with Gasteiger partial charge in [-0.25, -0.2) is 4.39 Å². The number of nitrogens with two attached hydrogens (primary N) is 1. The maximum Gasteiger partial charge on any atom is 0.321 e. The van der Waals surface area contributed by atoms with Crippen LogP contribution in [0.25, 0.3) is 0 Å². The largest absolute Gasteiger partial charge is 0.494 e. The van der Waals surface area contributed by atoms with Gasteiger partial charge in [0, 0.05) is 0 Å². The van der Waals surface area contributed by atoms with Crippen LogP contribution < -0.4 is 10.5 Å². The van der Waals surface area contributed by atoms with Crippen LogP contribution in [-0.4, -0.2) is 37.4 Å². The van der Waals surface area contributed by atoms with Crippen molar-refractivity contribution in [3.05, 3.63) is 29.6 Å². The van der Waals surface area contributed by atoms with Crippen molar-refractivity contribution in [1.29, 1.82) is 0 Å². The molecule has 6 heteroatoms. The van der Waals surface area contributed by atoms with Gasteiger partial charge in [-0.3, -0.25) is 4.79 Å². The van der Waals surface area contributed by atoms with Gasteiger partial charge in [0.2, 0.25) is 0 Å². The fourth-order valence-corrected chi connectivity index (χ4v) is 2.06. The van der Waals surface area contributed by atoms with Crippen LogP contribution in [-0.2, 0) is 14.9 Å². The maximum atomic E-state index is 13.7. The summed E-state index contributed by atoms with van der Waals surface area (Å²) in [5, 5.41) is 9.02. The highest BCUT2D eigenvalue weighted by Crippen LogP contribution is 2.36. The van der Waals surface area contributed by atoms with E-state index < -0.39 is 23.2 Å². The van der Waals surface area contributed by atoms with Gasteiger partial charge in [-0.1, -0.05) is 6.07 Å². The number of hydrogen-bond donors (Lipinski definition) is 2. The van der Waals surface area contributed by atoms with Gasteiger partial charge >= 0.3 is 5.97 Å². The van der Waals surface area contributed by atoms with Crippen LogP contribution >= 0.6 is 0 Å². The SMILES string of the molecule is COc1ccc(C2(C(N)C(=O)O)COC2)cc1F. The van der Waals surface area contributed by atoms with Gasteiger partial charge in [0.25, 0.3) is 0 Å². The van der Waals surface area contributed by atoms with E-state index in [0.29, 0.717) is 5.56 Å². The molecule has 1 fully saturated rings. The lowest BCUT2D eigenvalue weighted by atomic mass is 9.72. The van der Waals surface area contributed by atoms with Crippen LogP contribution in [0.15, 0.2) is 18.2 Å². The van der Waals surface area contributed by atoms with E-state index in [1.807, 2.05) is 0 Å². The summed E-state index contributed by atoms with van der Waals surface area (Å²) in [6, 6.07) is 3.20. The van der Waals surface area contributed by atoms with E-state index in [1.165, 1.54) is 19.2 Å². The highest BCUT2D eigenvalue weighted by atomic mass is 19.1. The van der Waals surface area contributed by atoms with E-state index in [-0.39, 0.29) is 19.0 Å². The third-order valence-corrected chi connectivity index (χ3v) is 3.31. The molecule has 98 valence electrons. The van der Waals surface area contributed by atoms with Crippen molar-refractivity contribution in [2.75, 3.05) is 20.3 Å². The molecule has 1 atom stereocenters. The molecule has 1 unspecified atom stereocenters. The number of hydrogen-bond acceptors (Lipinski definition) is 4. The fraction of sp³-hybridized carbons (Fsp3) is 0.417. The Kier molecular flexibility index (Phi) is 3.23. The fourth-order valence-electron chi connectivity index (χ4n) is 2.06.